The van der Waals surface area contributed by atoms with Gasteiger partial charge in [-0.05, 0) is 12.5 Å². The Balaban J connectivity index is 1.62. The van der Waals surface area contributed by atoms with Gasteiger partial charge in [-0.3, -0.25) is 4.79 Å². The molecule has 2 aromatic heterocycles. The first-order valence-electron chi connectivity index (χ1n) is 6.54. The normalized spacial score (nSPS) is 18.6. The molecule has 0 radical (unpaired) electrons. The summed E-state index contributed by atoms with van der Waals surface area (Å²) in [5.41, 5.74) is 1.77. The van der Waals surface area contributed by atoms with E-state index in [-0.39, 0.29) is 12.0 Å². The first kappa shape index (κ1) is 13.3. The molecule has 0 unspecified atom stereocenters. The number of carbonyl (C=O) groups excluding carboxylic acids is 1. The van der Waals surface area contributed by atoms with Crippen molar-refractivity contribution >= 4 is 17.2 Å². The van der Waals surface area contributed by atoms with Gasteiger partial charge in [0.1, 0.15) is 11.3 Å². The van der Waals surface area contributed by atoms with Crippen molar-refractivity contribution in [3.05, 3.63) is 29.7 Å². The van der Waals surface area contributed by atoms with E-state index in [1.807, 2.05) is 16.3 Å². The van der Waals surface area contributed by atoms with Crippen LogP contribution in [-0.4, -0.2) is 42.1 Å². The molecule has 2 aromatic rings. The van der Waals surface area contributed by atoms with E-state index in [0.717, 1.165) is 29.2 Å². The molecule has 1 saturated heterocycles. The molecule has 0 N–H and O–H groups in total. The first-order valence-corrected chi connectivity index (χ1v) is 7.42. The Labute approximate surface area is 121 Å². The molecular formula is C14H16N2O3S. The van der Waals surface area contributed by atoms with E-state index in [1.54, 1.807) is 19.6 Å². The number of aromatic nitrogens is 1. The van der Waals surface area contributed by atoms with Gasteiger partial charge in [-0.1, -0.05) is 0 Å². The Morgan fingerprint density at radius 3 is 3.25 bits per heavy atom. The van der Waals surface area contributed by atoms with E-state index < -0.39 is 0 Å². The number of hydrogen-bond donors (Lipinski definition) is 0. The van der Waals surface area contributed by atoms with Crippen LogP contribution < -0.4 is 0 Å². The SMILES string of the molecule is CO[C@@H]1CCN(C(=O)Cc2csc(-c3ccoc3)n2)C1. The minimum atomic E-state index is 0.119. The summed E-state index contributed by atoms with van der Waals surface area (Å²) in [6.07, 6.45) is 4.73. The predicted octanol–water partition coefficient (Wildman–Crippen LogP) is 2.19. The van der Waals surface area contributed by atoms with Crippen LogP contribution in [0.4, 0.5) is 0 Å². The molecule has 1 aliphatic rings. The fraction of sp³-hybridized carbons (Fsp3) is 0.429. The maximum absolute atomic E-state index is 12.2. The second-order valence-corrected chi connectivity index (χ2v) is 5.68. The zero-order chi connectivity index (χ0) is 13.9. The summed E-state index contributed by atoms with van der Waals surface area (Å²) in [5, 5.41) is 2.82. The third-order valence-corrected chi connectivity index (χ3v) is 4.42. The highest BCUT2D eigenvalue weighted by Crippen LogP contribution is 2.24. The number of carbonyl (C=O) groups is 1. The molecule has 0 aliphatic carbocycles. The van der Waals surface area contributed by atoms with Crippen LogP contribution in [0.1, 0.15) is 12.1 Å². The molecule has 0 spiro atoms. The molecule has 1 fully saturated rings. The van der Waals surface area contributed by atoms with Crippen LogP contribution in [0.25, 0.3) is 10.6 Å². The predicted molar refractivity (Wildman–Crippen MR) is 75.5 cm³/mol. The van der Waals surface area contributed by atoms with E-state index in [0.29, 0.717) is 13.0 Å². The van der Waals surface area contributed by atoms with Crippen LogP contribution in [0.5, 0.6) is 0 Å². The van der Waals surface area contributed by atoms with Gasteiger partial charge in [0.05, 0.1) is 24.5 Å². The summed E-state index contributed by atoms with van der Waals surface area (Å²) >= 11 is 1.53. The van der Waals surface area contributed by atoms with E-state index in [1.165, 1.54) is 11.3 Å². The van der Waals surface area contributed by atoms with Gasteiger partial charge in [-0.15, -0.1) is 11.3 Å². The van der Waals surface area contributed by atoms with Crippen molar-refractivity contribution in [2.24, 2.45) is 0 Å². The standard InChI is InChI=1S/C14H16N2O3S/c1-18-12-2-4-16(7-12)13(17)6-11-9-20-14(15-11)10-3-5-19-8-10/h3,5,8-9,12H,2,4,6-7H2,1H3/t12-/m1/s1. The van der Waals surface area contributed by atoms with Crippen LogP contribution >= 0.6 is 11.3 Å². The van der Waals surface area contributed by atoms with Crippen molar-refractivity contribution in [2.45, 2.75) is 18.9 Å². The monoisotopic (exact) mass is 292 g/mol. The van der Waals surface area contributed by atoms with Crippen molar-refractivity contribution in [1.29, 1.82) is 0 Å². The molecule has 5 nitrogen and oxygen atoms in total. The number of ether oxygens (including phenoxy) is 1. The smallest absolute Gasteiger partial charge is 0.228 e. The fourth-order valence-electron chi connectivity index (χ4n) is 2.32. The van der Waals surface area contributed by atoms with Gasteiger partial charge in [0.25, 0.3) is 0 Å². The molecule has 3 rings (SSSR count). The lowest BCUT2D eigenvalue weighted by atomic mass is 10.3. The Morgan fingerprint density at radius 2 is 2.55 bits per heavy atom. The van der Waals surface area contributed by atoms with Gasteiger partial charge >= 0.3 is 0 Å². The highest BCUT2D eigenvalue weighted by Gasteiger charge is 2.26. The van der Waals surface area contributed by atoms with Crippen LogP contribution in [0.2, 0.25) is 0 Å². The average Bonchev–Trinajstić information content (AvgIpc) is 3.19. The van der Waals surface area contributed by atoms with Gasteiger partial charge in [-0.2, -0.15) is 0 Å². The molecule has 20 heavy (non-hydrogen) atoms. The lowest BCUT2D eigenvalue weighted by Gasteiger charge is -2.15. The van der Waals surface area contributed by atoms with E-state index >= 15 is 0 Å². The molecule has 6 heteroatoms. The molecule has 3 heterocycles. The first-order chi connectivity index (χ1) is 9.76. The summed E-state index contributed by atoms with van der Waals surface area (Å²) in [6.45, 7) is 1.46. The number of nitrogens with zero attached hydrogens (tertiary/aromatic N) is 2. The molecule has 0 aromatic carbocycles. The summed E-state index contributed by atoms with van der Waals surface area (Å²) in [7, 11) is 1.69. The lowest BCUT2D eigenvalue weighted by molar-refractivity contribution is -0.129. The van der Waals surface area contributed by atoms with Crippen LogP contribution in [0, 0.1) is 0 Å². The Kier molecular flexibility index (Phi) is 3.84. The van der Waals surface area contributed by atoms with Crippen LogP contribution in [-0.2, 0) is 16.0 Å². The minimum Gasteiger partial charge on any atom is -0.472 e. The van der Waals surface area contributed by atoms with Gasteiger partial charge in [-0.25, -0.2) is 4.98 Å². The quantitative estimate of drug-likeness (QED) is 0.867. The molecule has 0 bridgehead atoms. The maximum Gasteiger partial charge on any atom is 0.228 e. The largest absolute Gasteiger partial charge is 0.472 e. The van der Waals surface area contributed by atoms with Crippen molar-refractivity contribution < 1.29 is 13.9 Å². The van der Waals surface area contributed by atoms with Crippen LogP contribution in [0.15, 0.2) is 28.4 Å². The summed E-state index contributed by atoms with van der Waals surface area (Å²) in [5.74, 6) is 0.119. The average molecular weight is 292 g/mol. The van der Waals surface area contributed by atoms with Crippen molar-refractivity contribution in [2.75, 3.05) is 20.2 Å². The third-order valence-electron chi connectivity index (χ3n) is 3.48. The Hall–Kier alpha value is -1.66. The Morgan fingerprint density at radius 1 is 1.65 bits per heavy atom. The topological polar surface area (TPSA) is 55.6 Å². The third kappa shape index (κ3) is 2.76. The van der Waals surface area contributed by atoms with Crippen molar-refractivity contribution in [1.82, 2.24) is 9.88 Å². The van der Waals surface area contributed by atoms with Gasteiger partial charge in [0, 0.05) is 31.1 Å². The Bertz CT molecular complexity index is 579. The molecule has 1 aliphatic heterocycles. The number of rotatable bonds is 4. The van der Waals surface area contributed by atoms with E-state index in [2.05, 4.69) is 4.98 Å². The summed E-state index contributed by atoms with van der Waals surface area (Å²) in [4.78, 5) is 18.5. The fourth-order valence-corrected chi connectivity index (χ4v) is 3.13. The number of amides is 1. The van der Waals surface area contributed by atoms with E-state index in [4.69, 9.17) is 9.15 Å². The highest BCUT2D eigenvalue weighted by atomic mass is 32.1. The molecule has 1 atom stereocenters. The number of hydrogen-bond acceptors (Lipinski definition) is 5. The van der Waals surface area contributed by atoms with Gasteiger partial charge in [0.15, 0.2) is 0 Å². The molecule has 106 valence electrons. The maximum atomic E-state index is 12.2. The second kappa shape index (κ2) is 5.76. The molecule has 1 amide bonds. The highest BCUT2D eigenvalue weighted by molar-refractivity contribution is 7.13. The van der Waals surface area contributed by atoms with Crippen molar-refractivity contribution in [3.8, 4) is 10.6 Å². The molecule has 0 saturated carbocycles. The van der Waals surface area contributed by atoms with E-state index in [9.17, 15) is 4.79 Å². The second-order valence-electron chi connectivity index (χ2n) is 4.82. The number of thiazole rings is 1. The molecular weight excluding hydrogens is 276 g/mol. The summed E-state index contributed by atoms with van der Waals surface area (Å²) in [6, 6.07) is 1.87. The lowest BCUT2D eigenvalue weighted by Crippen LogP contribution is -2.31. The minimum absolute atomic E-state index is 0.119. The number of likely N-dealkylation sites (tertiary alicyclic amines) is 1. The zero-order valence-corrected chi connectivity index (χ0v) is 12.1. The van der Waals surface area contributed by atoms with Gasteiger partial charge < -0.3 is 14.1 Å². The number of methoxy groups -OCH3 is 1. The van der Waals surface area contributed by atoms with Crippen molar-refractivity contribution in [3.63, 3.8) is 0 Å². The van der Waals surface area contributed by atoms with Crippen LogP contribution in [0.3, 0.4) is 0 Å². The number of furan rings is 1. The summed E-state index contributed by atoms with van der Waals surface area (Å²) < 4.78 is 10.3. The zero-order valence-electron chi connectivity index (χ0n) is 11.2. The van der Waals surface area contributed by atoms with Gasteiger partial charge in [0.2, 0.25) is 5.91 Å².